The minimum absolute atomic E-state index is 0.130. The minimum atomic E-state index is -0.193. The Balaban J connectivity index is 1.38. The van der Waals surface area contributed by atoms with Gasteiger partial charge < -0.3 is 18.9 Å². The van der Waals surface area contributed by atoms with Gasteiger partial charge in [-0.15, -0.1) is 0 Å². The highest BCUT2D eigenvalue weighted by Gasteiger charge is 2.32. The van der Waals surface area contributed by atoms with Crippen LogP contribution in [0.4, 0.5) is 0 Å². The molecule has 3 heterocycles. The van der Waals surface area contributed by atoms with E-state index in [-0.39, 0.29) is 24.3 Å². The van der Waals surface area contributed by atoms with E-state index in [0.717, 1.165) is 26.3 Å². The Kier molecular flexibility index (Phi) is 3.28. The Morgan fingerprint density at radius 3 is 2.06 bits per heavy atom. The van der Waals surface area contributed by atoms with E-state index in [1.807, 2.05) is 4.90 Å². The van der Waals surface area contributed by atoms with Crippen molar-refractivity contribution >= 4 is 5.97 Å². The SMILES string of the molecule is O=C(CN(CC1CO1)CC1CO1)OCC1CO1. The van der Waals surface area contributed by atoms with E-state index >= 15 is 0 Å². The van der Waals surface area contributed by atoms with Crippen LogP contribution in [0.25, 0.3) is 0 Å². The monoisotopic (exact) mass is 243 g/mol. The van der Waals surface area contributed by atoms with Crippen LogP contribution in [0.2, 0.25) is 0 Å². The van der Waals surface area contributed by atoms with Crippen LogP contribution in [0, 0.1) is 0 Å². The van der Waals surface area contributed by atoms with Gasteiger partial charge in [0.25, 0.3) is 0 Å². The molecule has 3 saturated heterocycles. The Morgan fingerprint density at radius 1 is 1.06 bits per heavy atom. The molecule has 0 aliphatic carbocycles. The molecule has 0 radical (unpaired) electrons. The third-order valence-corrected chi connectivity index (χ3v) is 2.91. The molecule has 0 saturated carbocycles. The van der Waals surface area contributed by atoms with E-state index in [1.54, 1.807) is 0 Å². The van der Waals surface area contributed by atoms with Gasteiger partial charge in [0.05, 0.1) is 38.6 Å². The molecule has 0 aromatic carbocycles. The van der Waals surface area contributed by atoms with Crippen LogP contribution in [0.3, 0.4) is 0 Å². The zero-order valence-corrected chi connectivity index (χ0v) is 9.67. The lowest BCUT2D eigenvalue weighted by molar-refractivity contribution is -0.145. The van der Waals surface area contributed by atoms with E-state index in [4.69, 9.17) is 18.9 Å². The molecule has 17 heavy (non-hydrogen) atoms. The van der Waals surface area contributed by atoms with Crippen molar-refractivity contribution in [2.24, 2.45) is 0 Å². The predicted molar refractivity (Wildman–Crippen MR) is 56.6 cm³/mol. The number of rotatable bonds is 8. The highest BCUT2D eigenvalue weighted by atomic mass is 16.6. The molecule has 3 fully saturated rings. The largest absolute Gasteiger partial charge is 0.462 e. The van der Waals surface area contributed by atoms with Crippen molar-refractivity contribution in [2.75, 3.05) is 46.1 Å². The Bertz CT molecular complexity index is 272. The molecule has 0 spiro atoms. The normalized spacial score (nSPS) is 33.6. The molecule has 96 valence electrons. The first-order valence-electron chi connectivity index (χ1n) is 6.02. The summed E-state index contributed by atoms with van der Waals surface area (Å²) in [7, 11) is 0. The number of hydrogen-bond donors (Lipinski definition) is 0. The highest BCUT2D eigenvalue weighted by Crippen LogP contribution is 2.16. The van der Waals surface area contributed by atoms with Gasteiger partial charge in [0, 0.05) is 13.1 Å². The van der Waals surface area contributed by atoms with Crippen molar-refractivity contribution in [3.63, 3.8) is 0 Å². The highest BCUT2D eigenvalue weighted by molar-refractivity contribution is 5.71. The van der Waals surface area contributed by atoms with Crippen LogP contribution < -0.4 is 0 Å². The summed E-state index contributed by atoms with van der Waals surface area (Å²) in [5.74, 6) is -0.193. The van der Waals surface area contributed by atoms with Gasteiger partial charge in [0.15, 0.2) is 0 Å². The first kappa shape index (κ1) is 11.4. The molecule has 0 aromatic rings. The van der Waals surface area contributed by atoms with Crippen molar-refractivity contribution in [1.82, 2.24) is 4.90 Å². The van der Waals surface area contributed by atoms with Crippen LogP contribution in [0.5, 0.6) is 0 Å². The van der Waals surface area contributed by atoms with Crippen LogP contribution in [0.1, 0.15) is 0 Å². The van der Waals surface area contributed by atoms with Gasteiger partial charge in [-0.2, -0.15) is 0 Å². The maximum Gasteiger partial charge on any atom is 0.320 e. The second kappa shape index (κ2) is 4.89. The Labute approximate surface area is 99.7 Å². The summed E-state index contributed by atoms with van der Waals surface area (Å²) in [6, 6.07) is 0. The molecular weight excluding hydrogens is 226 g/mol. The van der Waals surface area contributed by atoms with E-state index in [0.29, 0.717) is 19.8 Å². The molecule has 6 nitrogen and oxygen atoms in total. The van der Waals surface area contributed by atoms with Crippen LogP contribution in [0.15, 0.2) is 0 Å². The summed E-state index contributed by atoms with van der Waals surface area (Å²) in [5, 5.41) is 0. The molecule has 0 amide bonds. The fraction of sp³-hybridized carbons (Fsp3) is 0.909. The summed E-state index contributed by atoms with van der Waals surface area (Å²) >= 11 is 0. The van der Waals surface area contributed by atoms with Gasteiger partial charge in [-0.25, -0.2) is 0 Å². The fourth-order valence-corrected chi connectivity index (χ4v) is 1.70. The van der Waals surface area contributed by atoms with Crippen molar-refractivity contribution < 1.29 is 23.7 Å². The second-order valence-corrected chi connectivity index (χ2v) is 4.74. The molecule has 0 aromatic heterocycles. The van der Waals surface area contributed by atoms with Crippen LogP contribution in [-0.4, -0.2) is 75.2 Å². The third-order valence-electron chi connectivity index (χ3n) is 2.91. The van der Waals surface area contributed by atoms with E-state index in [1.165, 1.54) is 0 Å². The number of carbonyl (C=O) groups is 1. The van der Waals surface area contributed by atoms with Gasteiger partial charge in [0.1, 0.15) is 12.7 Å². The number of nitrogens with zero attached hydrogens (tertiary/aromatic N) is 1. The smallest absolute Gasteiger partial charge is 0.320 e. The number of carbonyl (C=O) groups excluding carboxylic acids is 1. The maximum atomic E-state index is 11.6. The quantitative estimate of drug-likeness (QED) is 0.403. The molecule has 3 aliphatic heterocycles. The van der Waals surface area contributed by atoms with Crippen molar-refractivity contribution in [3.05, 3.63) is 0 Å². The average Bonchev–Trinajstić information content (AvgIpc) is 3.10. The summed E-state index contributed by atoms with van der Waals surface area (Å²) in [5.41, 5.74) is 0. The van der Waals surface area contributed by atoms with Gasteiger partial charge in [0.2, 0.25) is 0 Å². The first-order chi connectivity index (χ1) is 8.29. The number of ether oxygens (including phenoxy) is 4. The number of epoxide rings is 3. The summed E-state index contributed by atoms with van der Waals surface area (Å²) in [6.07, 6.45) is 0.701. The zero-order chi connectivity index (χ0) is 11.7. The van der Waals surface area contributed by atoms with Crippen molar-refractivity contribution in [2.45, 2.75) is 18.3 Å². The molecular formula is C11H17NO5. The topological polar surface area (TPSA) is 67.1 Å². The predicted octanol–water partition coefficient (Wildman–Crippen LogP) is -0.972. The summed E-state index contributed by atoms with van der Waals surface area (Å²) < 4.78 is 20.4. The lowest BCUT2D eigenvalue weighted by atomic mass is 10.3. The van der Waals surface area contributed by atoms with Crippen molar-refractivity contribution in [3.8, 4) is 0 Å². The Hall–Kier alpha value is -0.690. The molecule has 0 N–H and O–H groups in total. The Morgan fingerprint density at radius 2 is 1.59 bits per heavy atom. The third kappa shape index (κ3) is 4.23. The lowest BCUT2D eigenvalue weighted by Crippen LogP contribution is -2.37. The molecule has 3 rings (SSSR count). The number of esters is 1. The van der Waals surface area contributed by atoms with Crippen molar-refractivity contribution in [1.29, 1.82) is 0 Å². The van der Waals surface area contributed by atoms with Gasteiger partial charge in [-0.3, -0.25) is 9.69 Å². The summed E-state index contributed by atoms with van der Waals surface area (Å²) in [4.78, 5) is 13.6. The number of hydrogen-bond acceptors (Lipinski definition) is 6. The first-order valence-corrected chi connectivity index (χ1v) is 6.02. The second-order valence-electron chi connectivity index (χ2n) is 4.74. The van der Waals surface area contributed by atoms with E-state index in [2.05, 4.69) is 0 Å². The van der Waals surface area contributed by atoms with Crippen LogP contribution >= 0.6 is 0 Å². The maximum absolute atomic E-state index is 11.6. The average molecular weight is 243 g/mol. The van der Waals surface area contributed by atoms with Gasteiger partial charge in [-0.05, 0) is 0 Å². The van der Waals surface area contributed by atoms with E-state index in [9.17, 15) is 4.79 Å². The standard InChI is InChI=1S/C11H17NO5/c13-11(17-7-10-6-16-10)3-12(1-8-4-14-8)2-9-5-15-9/h8-10H,1-7H2. The molecule has 6 heteroatoms. The fourth-order valence-electron chi connectivity index (χ4n) is 1.70. The minimum Gasteiger partial charge on any atom is -0.462 e. The molecule has 3 atom stereocenters. The van der Waals surface area contributed by atoms with Crippen LogP contribution in [-0.2, 0) is 23.7 Å². The lowest BCUT2D eigenvalue weighted by Gasteiger charge is -2.19. The van der Waals surface area contributed by atoms with E-state index < -0.39 is 0 Å². The molecule has 3 unspecified atom stereocenters. The molecule has 3 aliphatic rings. The zero-order valence-electron chi connectivity index (χ0n) is 9.67. The van der Waals surface area contributed by atoms with Gasteiger partial charge in [-0.1, -0.05) is 0 Å². The van der Waals surface area contributed by atoms with Gasteiger partial charge >= 0.3 is 5.97 Å². The summed E-state index contributed by atoms with van der Waals surface area (Å²) in [6.45, 7) is 4.57. The molecule has 0 bridgehead atoms.